The predicted molar refractivity (Wildman–Crippen MR) is 80.5 cm³/mol. The molecule has 3 heteroatoms. The summed E-state index contributed by atoms with van der Waals surface area (Å²) in [5.74, 6) is 1.71. The minimum absolute atomic E-state index is 0.805. The fourth-order valence-electron chi connectivity index (χ4n) is 2.01. The Morgan fingerprint density at radius 3 is 2.58 bits per heavy atom. The molecule has 1 heterocycles. The van der Waals surface area contributed by atoms with E-state index in [4.69, 9.17) is 0 Å². The van der Waals surface area contributed by atoms with E-state index in [9.17, 15) is 0 Å². The molecule has 1 aromatic heterocycles. The molecule has 2 aromatic rings. The van der Waals surface area contributed by atoms with Crippen LogP contribution in [0.3, 0.4) is 0 Å². The van der Waals surface area contributed by atoms with Gasteiger partial charge in [-0.1, -0.05) is 24.6 Å². The smallest absolute Gasteiger partial charge is 0.162 e. The first-order valence-corrected chi connectivity index (χ1v) is 6.77. The van der Waals surface area contributed by atoms with Crippen molar-refractivity contribution in [1.29, 1.82) is 0 Å². The SMILES string of the molecule is CCCNc1cc(C)nc(-c2cc(C)ccc2C)n1. The van der Waals surface area contributed by atoms with E-state index in [0.717, 1.165) is 35.9 Å². The first-order valence-electron chi connectivity index (χ1n) is 6.77. The molecule has 3 nitrogen and oxygen atoms in total. The van der Waals surface area contributed by atoms with E-state index >= 15 is 0 Å². The minimum Gasteiger partial charge on any atom is -0.370 e. The highest BCUT2D eigenvalue weighted by Crippen LogP contribution is 2.23. The largest absolute Gasteiger partial charge is 0.370 e. The van der Waals surface area contributed by atoms with Gasteiger partial charge < -0.3 is 5.32 Å². The van der Waals surface area contributed by atoms with E-state index in [1.807, 2.05) is 13.0 Å². The number of aromatic nitrogens is 2. The number of nitrogens with one attached hydrogen (secondary N) is 1. The van der Waals surface area contributed by atoms with Gasteiger partial charge in [0, 0.05) is 23.9 Å². The number of anilines is 1. The summed E-state index contributed by atoms with van der Waals surface area (Å²) in [6.07, 6.45) is 1.09. The Labute approximate surface area is 115 Å². The molecule has 2 rings (SSSR count). The van der Waals surface area contributed by atoms with Crippen molar-refractivity contribution >= 4 is 5.82 Å². The molecule has 0 aliphatic carbocycles. The number of hydrogen-bond donors (Lipinski definition) is 1. The molecule has 0 spiro atoms. The maximum Gasteiger partial charge on any atom is 0.162 e. The van der Waals surface area contributed by atoms with Crippen LogP contribution in [-0.4, -0.2) is 16.5 Å². The third-order valence-corrected chi connectivity index (χ3v) is 3.04. The zero-order valence-corrected chi connectivity index (χ0v) is 12.1. The van der Waals surface area contributed by atoms with Gasteiger partial charge in [-0.3, -0.25) is 0 Å². The Bertz CT molecular complexity index is 576. The molecule has 0 aliphatic rings. The first-order chi connectivity index (χ1) is 9.10. The van der Waals surface area contributed by atoms with Crippen molar-refractivity contribution in [2.24, 2.45) is 0 Å². The second kappa shape index (κ2) is 5.83. The van der Waals surface area contributed by atoms with E-state index < -0.39 is 0 Å². The van der Waals surface area contributed by atoms with Gasteiger partial charge in [0.2, 0.25) is 0 Å². The monoisotopic (exact) mass is 255 g/mol. The lowest BCUT2D eigenvalue weighted by molar-refractivity contribution is 0.962. The van der Waals surface area contributed by atoms with Crippen LogP contribution in [-0.2, 0) is 0 Å². The first kappa shape index (κ1) is 13.5. The minimum atomic E-state index is 0.805. The van der Waals surface area contributed by atoms with E-state index in [-0.39, 0.29) is 0 Å². The Kier molecular flexibility index (Phi) is 4.15. The van der Waals surface area contributed by atoms with Crippen LogP contribution < -0.4 is 5.32 Å². The van der Waals surface area contributed by atoms with Crippen molar-refractivity contribution in [2.45, 2.75) is 34.1 Å². The Morgan fingerprint density at radius 2 is 1.84 bits per heavy atom. The second-order valence-electron chi connectivity index (χ2n) is 4.96. The third-order valence-electron chi connectivity index (χ3n) is 3.04. The zero-order chi connectivity index (χ0) is 13.8. The van der Waals surface area contributed by atoms with Gasteiger partial charge in [0.05, 0.1) is 0 Å². The average molecular weight is 255 g/mol. The zero-order valence-electron chi connectivity index (χ0n) is 12.1. The van der Waals surface area contributed by atoms with Crippen molar-refractivity contribution in [2.75, 3.05) is 11.9 Å². The summed E-state index contributed by atoms with van der Waals surface area (Å²) < 4.78 is 0. The molecule has 19 heavy (non-hydrogen) atoms. The molecular weight excluding hydrogens is 234 g/mol. The summed E-state index contributed by atoms with van der Waals surface area (Å²) in [6, 6.07) is 8.37. The van der Waals surface area contributed by atoms with Crippen LogP contribution >= 0.6 is 0 Å². The molecule has 0 atom stereocenters. The highest BCUT2D eigenvalue weighted by atomic mass is 15.0. The maximum atomic E-state index is 4.62. The second-order valence-corrected chi connectivity index (χ2v) is 4.96. The van der Waals surface area contributed by atoms with Crippen LogP contribution in [0.2, 0.25) is 0 Å². The van der Waals surface area contributed by atoms with Gasteiger partial charge in [-0.2, -0.15) is 0 Å². The Balaban J connectivity index is 2.43. The van der Waals surface area contributed by atoms with Gasteiger partial charge >= 0.3 is 0 Å². The number of benzene rings is 1. The van der Waals surface area contributed by atoms with Crippen molar-refractivity contribution in [1.82, 2.24) is 9.97 Å². The fourth-order valence-corrected chi connectivity index (χ4v) is 2.01. The highest BCUT2D eigenvalue weighted by molar-refractivity contribution is 5.62. The molecule has 0 fully saturated rings. The van der Waals surface area contributed by atoms with Gasteiger partial charge in [0.15, 0.2) is 5.82 Å². The van der Waals surface area contributed by atoms with Crippen LogP contribution in [0.1, 0.15) is 30.2 Å². The molecule has 0 radical (unpaired) electrons. The van der Waals surface area contributed by atoms with Crippen molar-refractivity contribution < 1.29 is 0 Å². The molecule has 1 aromatic carbocycles. The summed E-state index contributed by atoms with van der Waals surface area (Å²) in [5, 5.41) is 3.33. The van der Waals surface area contributed by atoms with E-state index in [2.05, 4.69) is 54.3 Å². The molecule has 100 valence electrons. The van der Waals surface area contributed by atoms with Crippen LogP contribution in [0.25, 0.3) is 11.4 Å². The van der Waals surface area contributed by atoms with Crippen LogP contribution in [0.4, 0.5) is 5.82 Å². The lowest BCUT2D eigenvalue weighted by Gasteiger charge is -2.10. The number of aryl methyl sites for hydroxylation is 3. The molecule has 0 aliphatic heterocycles. The summed E-state index contributed by atoms with van der Waals surface area (Å²) in [4.78, 5) is 9.18. The van der Waals surface area contributed by atoms with Crippen molar-refractivity contribution in [3.8, 4) is 11.4 Å². The van der Waals surface area contributed by atoms with Crippen molar-refractivity contribution in [3.05, 3.63) is 41.1 Å². The van der Waals surface area contributed by atoms with Gasteiger partial charge in [0.1, 0.15) is 5.82 Å². The van der Waals surface area contributed by atoms with Gasteiger partial charge in [-0.15, -0.1) is 0 Å². The molecule has 0 saturated heterocycles. The maximum absolute atomic E-state index is 4.62. The summed E-state index contributed by atoms with van der Waals surface area (Å²) in [7, 11) is 0. The lowest BCUT2D eigenvalue weighted by atomic mass is 10.1. The highest BCUT2D eigenvalue weighted by Gasteiger charge is 2.08. The van der Waals surface area contributed by atoms with Gasteiger partial charge in [-0.05, 0) is 38.8 Å². The number of rotatable bonds is 4. The number of nitrogens with zero attached hydrogens (tertiary/aromatic N) is 2. The van der Waals surface area contributed by atoms with Crippen LogP contribution in [0, 0.1) is 20.8 Å². The quantitative estimate of drug-likeness (QED) is 0.900. The molecule has 0 amide bonds. The molecule has 1 N–H and O–H groups in total. The molecule has 0 bridgehead atoms. The lowest BCUT2D eigenvalue weighted by Crippen LogP contribution is -2.04. The Morgan fingerprint density at radius 1 is 1.05 bits per heavy atom. The molecule has 0 unspecified atom stereocenters. The summed E-state index contributed by atoms with van der Waals surface area (Å²) >= 11 is 0. The topological polar surface area (TPSA) is 37.8 Å². The standard InChI is InChI=1S/C16H21N3/c1-5-8-17-15-10-13(4)18-16(19-15)14-9-11(2)6-7-12(14)3/h6-7,9-10H,5,8H2,1-4H3,(H,17,18,19). The molecular formula is C16H21N3. The third kappa shape index (κ3) is 3.31. The fraction of sp³-hybridized carbons (Fsp3) is 0.375. The van der Waals surface area contributed by atoms with Gasteiger partial charge in [-0.25, -0.2) is 9.97 Å². The van der Waals surface area contributed by atoms with Gasteiger partial charge in [0.25, 0.3) is 0 Å². The van der Waals surface area contributed by atoms with E-state index in [1.54, 1.807) is 0 Å². The van der Waals surface area contributed by atoms with E-state index in [1.165, 1.54) is 11.1 Å². The Hall–Kier alpha value is -1.90. The predicted octanol–water partition coefficient (Wildman–Crippen LogP) is 3.89. The average Bonchev–Trinajstić information content (AvgIpc) is 2.38. The van der Waals surface area contributed by atoms with Crippen molar-refractivity contribution in [3.63, 3.8) is 0 Å². The normalized spacial score (nSPS) is 10.5. The summed E-state index contributed by atoms with van der Waals surface area (Å²) in [6.45, 7) is 9.28. The van der Waals surface area contributed by atoms with Crippen LogP contribution in [0.15, 0.2) is 24.3 Å². The summed E-state index contributed by atoms with van der Waals surface area (Å²) in [5.41, 5.74) is 4.54. The van der Waals surface area contributed by atoms with E-state index in [0.29, 0.717) is 0 Å². The number of hydrogen-bond acceptors (Lipinski definition) is 3. The van der Waals surface area contributed by atoms with Crippen LogP contribution in [0.5, 0.6) is 0 Å². The molecule has 0 saturated carbocycles.